The molecule has 148 valence electrons. The molecule has 2 heterocycles. The van der Waals surface area contributed by atoms with Crippen LogP contribution in [-0.4, -0.2) is 15.8 Å². The molecule has 8 heteroatoms. The summed E-state index contributed by atoms with van der Waals surface area (Å²) in [5, 5.41) is 27.7. The number of carbonyl (C=O) groups excluding carboxylic acids is 1. The van der Waals surface area contributed by atoms with Crippen molar-refractivity contribution >= 4 is 28.9 Å². The lowest BCUT2D eigenvalue weighted by Crippen LogP contribution is -1.96. The number of aromatic nitrogens is 2. The number of fused-ring (bicyclic) bond motifs is 2. The lowest BCUT2D eigenvalue weighted by molar-refractivity contribution is 0.104. The van der Waals surface area contributed by atoms with Gasteiger partial charge in [-0.25, -0.2) is 0 Å². The second-order valence-electron chi connectivity index (χ2n) is 6.78. The number of nitrogens with zero attached hydrogens (tertiary/aromatic N) is 5. The van der Waals surface area contributed by atoms with Crippen molar-refractivity contribution in [3.63, 3.8) is 0 Å². The van der Waals surface area contributed by atoms with E-state index >= 15 is 0 Å². The van der Waals surface area contributed by atoms with E-state index < -0.39 is 0 Å². The summed E-state index contributed by atoms with van der Waals surface area (Å²) in [5.74, 6) is -0.00251. The highest BCUT2D eigenvalue weighted by molar-refractivity contribution is 6.29. The van der Waals surface area contributed by atoms with Crippen molar-refractivity contribution in [2.45, 2.75) is 0 Å². The first kappa shape index (κ1) is 18.7. The van der Waals surface area contributed by atoms with Crippen molar-refractivity contribution in [3.05, 3.63) is 82.3 Å². The van der Waals surface area contributed by atoms with E-state index in [4.69, 9.17) is 14.1 Å². The van der Waals surface area contributed by atoms with Crippen LogP contribution in [0.2, 0.25) is 0 Å². The number of Topliss-reactive ketones (excluding diaryl/α,β-unsaturated/α-hetero) is 1. The third-order valence-electron chi connectivity index (χ3n) is 4.95. The van der Waals surface area contributed by atoms with E-state index in [1.807, 2.05) is 18.2 Å². The predicted molar refractivity (Wildman–Crippen MR) is 111 cm³/mol. The normalized spacial score (nSPS) is 13.6. The molecule has 1 aliphatic rings. The SMILES string of the molecule is N#CC(C#N)=C1/C(=C/c2nc3oc(-c4ccc(C#N)cc4)nc3o2)C(=O)c2ccccc21. The highest BCUT2D eigenvalue weighted by atomic mass is 16.4. The number of hydrogen-bond donors (Lipinski definition) is 0. The number of oxazole rings is 2. The van der Waals surface area contributed by atoms with Crippen molar-refractivity contribution < 1.29 is 13.6 Å². The topological polar surface area (TPSA) is 140 Å². The maximum Gasteiger partial charge on any atom is 0.288 e. The Kier molecular flexibility index (Phi) is 4.23. The number of benzene rings is 2. The number of allylic oxidation sites excluding steroid dienone is 3. The Bertz CT molecular complexity index is 1570. The minimum absolute atomic E-state index is 0.0570. The smallest absolute Gasteiger partial charge is 0.288 e. The summed E-state index contributed by atoms with van der Waals surface area (Å²) in [7, 11) is 0. The molecular formula is C24H9N5O3. The molecule has 0 fully saturated rings. The van der Waals surface area contributed by atoms with Gasteiger partial charge in [-0.1, -0.05) is 24.3 Å². The number of ketones is 1. The van der Waals surface area contributed by atoms with Crippen LogP contribution in [0.4, 0.5) is 0 Å². The van der Waals surface area contributed by atoms with Gasteiger partial charge in [0.25, 0.3) is 11.4 Å². The van der Waals surface area contributed by atoms with Crippen molar-refractivity contribution in [2.24, 2.45) is 0 Å². The Balaban J connectivity index is 1.58. The van der Waals surface area contributed by atoms with Crippen molar-refractivity contribution in [1.29, 1.82) is 15.8 Å². The zero-order valence-electron chi connectivity index (χ0n) is 16.2. The van der Waals surface area contributed by atoms with Gasteiger partial charge < -0.3 is 8.83 Å². The molecule has 0 N–H and O–H groups in total. The fourth-order valence-corrected chi connectivity index (χ4v) is 3.50. The molecular weight excluding hydrogens is 406 g/mol. The van der Waals surface area contributed by atoms with Gasteiger partial charge in [-0.3, -0.25) is 4.79 Å². The molecule has 5 rings (SSSR count). The van der Waals surface area contributed by atoms with E-state index in [9.17, 15) is 15.3 Å². The largest absolute Gasteiger partial charge is 0.415 e. The van der Waals surface area contributed by atoms with Crippen LogP contribution in [-0.2, 0) is 0 Å². The zero-order valence-corrected chi connectivity index (χ0v) is 16.2. The third kappa shape index (κ3) is 2.87. The van der Waals surface area contributed by atoms with Gasteiger partial charge >= 0.3 is 0 Å². The summed E-state index contributed by atoms with van der Waals surface area (Å²) in [5.41, 5.74) is 2.54. The summed E-state index contributed by atoms with van der Waals surface area (Å²) in [4.78, 5) is 21.4. The van der Waals surface area contributed by atoms with Crippen molar-refractivity contribution in [3.8, 4) is 29.7 Å². The molecule has 1 aliphatic carbocycles. The van der Waals surface area contributed by atoms with Gasteiger partial charge in [0.05, 0.1) is 11.6 Å². The number of hydrogen-bond acceptors (Lipinski definition) is 8. The van der Waals surface area contributed by atoms with Crippen LogP contribution in [0, 0.1) is 34.0 Å². The molecule has 8 nitrogen and oxygen atoms in total. The summed E-state index contributed by atoms with van der Waals surface area (Å²) in [6.07, 6.45) is 1.38. The third-order valence-corrected chi connectivity index (χ3v) is 4.95. The average molecular weight is 415 g/mol. The van der Waals surface area contributed by atoms with Gasteiger partial charge in [-0.2, -0.15) is 25.8 Å². The molecule has 0 radical (unpaired) electrons. The fraction of sp³-hybridized carbons (Fsp3) is 0. The lowest BCUT2D eigenvalue weighted by atomic mass is 9.99. The molecule has 0 bridgehead atoms. The van der Waals surface area contributed by atoms with Gasteiger partial charge in [0, 0.05) is 28.3 Å². The molecule has 0 unspecified atom stereocenters. The van der Waals surface area contributed by atoms with Crippen LogP contribution in [0.3, 0.4) is 0 Å². The first-order valence-electron chi connectivity index (χ1n) is 9.31. The van der Waals surface area contributed by atoms with E-state index in [2.05, 4.69) is 9.97 Å². The van der Waals surface area contributed by atoms with Crippen molar-refractivity contribution in [2.75, 3.05) is 0 Å². The first-order valence-corrected chi connectivity index (χ1v) is 9.31. The Labute approximate surface area is 180 Å². The Morgan fingerprint density at radius 1 is 0.875 bits per heavy atom. The Morgan fingerprint density at radius 2 is 1.56 bits per heavy atom. The lowest BCUT2D eigenvalue weighted by Gasteiger charge is -2.00. The van der Waals surface area contributed by atoms with Crippen LogP contribution in [0.25, 0.3) is 34.5 Å². The Morgan fingerprint density at radius 3 is 2.22 bits per heavy atom. The van der Waals surface area contributed by atoms with Gasteiger partial charge in [-0.15, -0.1) is 0 Å². The molecule has 32 heavy (non-hydrogen) atoms. The number of nitriles is 3. The highest BCUT2D eigenvalue weighted by Crippen LogP contribution is 2.39. The minimum Gasteiger partial charge on any atom is -0.415 e. The monoisotopic (exact) mass is 415 g/mol. The van der Waals surface area contributed by atoms with Gasteiger partial charge in [-0.05, 0) is 29.8 Å². The maximum atomic E-state index is 12.9. The molecule has 2 aromatic heterocycles. The molecule has 0 saturated heterocycles. The standard InChI is InChI=1S/C24H9N5O3/c25-10-13-5-7-14(8-6-13)22-29-24-23(32-22)28-19(31-24)9-18-20(15(11-26)12-27)16-3-1-2-4-17(16)21(18)30/h1-9H/b18-9-. The van der Waals surface area contributed by atoms with E-state index in [1.165, 1.54) is 6.08 Å². The quantitative estimate of drug-likeness (QED) is 0.346. The van der Waals surface area contributed by atoms with Crippen LogP contribution < -0.4 is 0 Å². The summed E-state index contributed by atoms with van der Waals surface area (Å²) < 4.78 is 11.3. The predicted octanol–water partition coefficient (Wildman–Crippen LogP) is 4.44. The van der Waals surface area contributed by atoms with Gasteiger partial charge in [0.1, 0.15) is 17.7 Å². The van der Waals surface area contributed by atoms with Crippen LogP contribution in [0.1, 0.15) is 27.4 Å². The molecule has 0 saturated carbocycles. The van der Waals surface area contributed by atoms with Crippen LogP contribution in [0.15, 0.2) is 68.5 Å². The number of carbonyl (C=O) groups is 1. The molecule has 0 atom stereocenters. The number of rotatable bonds is 2. The second kappa shape index (κ2) is 7.21. The highest BCUT2D eigenvalue weighted by Gasteiger charge is 2.32. The van der Waals surface area contributed by atoms with E-state index in [-0.39, 0.29) is 45.7 Å². The van der Waals surface area contributed by atoms with Crippen LogP contribution in [0.5, 0.6) is 0 Å². The maximum absolute atomic E-state index is 12.9. The summed E-state index contributed by atoms with van der Waals surface area (Å²) in [6.45, 7) is 0. The van der Waals surface area contributed by atoms with Crippen LogP contribution >= 0.6 is 0 Å². The molecule has 0 amide bonds. The second-order valence-corrected chi connectivity index (χ2v) is 6.78. The van der Waals surface area contributed by atoms with E-state index in [0.29, 0.717) is 22.3 Å². The van der Waals surface area contributed by atoms with Crippen molar-refractivity contribution in [1.82, 2.24) is 9.97 Å². The molecule has 4 aromatic rings. The fourth-order valence-electron chi connectivity index (χ4n) is 3.50. The minimum atomic E-state index is -0.334. The van der Waals surface area contributed by atoms with Gasteiger partial charge in [0.2, 0.25) is 11.8 Å². The average Bonchev–Trinajstić information content (AvgIpc) is 3.47. The van der Waals surface area contributed by atoms with Gasteiger partial charge in [0.15, 0.2) is 5.78 Å². The summed E-state index contributed by atoms with van der Waals surface area (Å²) >= 11 is 0. The van der Waals surface area contributed by atoms with E-state index in [0.717, 1.165) is 0 Å². The zero-order chi connectivity index (χ0) is 22.2. The van der Waals surface area contributed by atoms with E-state index in [1.54, 1.807) is 48.5 Å². The molecule has 0 aliphatic heterocycles. The molecule has 2 aromatic carbocycles. The molecule has 0 spiro atoms. The summed E-state index contributed by atoms with van der Waals surface area (Å²) in [6, 6.07) is 19.2. The Hall–Kier alpha value is -5.26. The first-order chi connectivity index (χ1) is 15.6.